The SMILES string of the molecule is Cc1cccc2nnn(C)c(=O)c12. The zero-order valence-corrected chi connectivity index (χ0v) is 7.48. The van der Waals surface area contributed by atoms with Gasteiger partial charge in [0, 0.05) is 7.05 Å². The Morgan fingerprint density at radius 2 is 2.15 bits per heavy atom. The Morgan fingerprint density at radius 3 is 2.92 bits per heavy atom. The molecule has 0 N–H and O–H groups in total. The highest BCUT2D eigenvalue weighted by Crippen LogP contribution is 2.09. The van der Waals surface area contributed by atoms with E-state index in [0.717, 1.165) is 5.56 Å². The van der Waals surface area contributed by atoms with E-state index >= 15 is 0 Å². The van der Waals surface area contributed by atoms with Crippen molar-refractivity contribution in [2.45, 2.75) is 6.92 Å². The van der Waals surface area contributed by atoms with Gasteiger partial charge in [-0.25, -0.2) is 4.68 Å². The molecule has 0 unspecified atom stereocenters. The van der Waals surface area contributed by atoms with E-state index in [2.05, 4.69) is 10.3 Å². The highest BCUT2D eigenvalue weighted by molar-refractivity contribution is 5.80. The van der Waals surface area contributed by atoms with E-state index < -0.39 is 0 Å². The lowest BCUT2D eigenvalue weighted by Crippen LogP contribution is -2.21. The van der Waals surface area contributed by atoms with Crippen molar-refractivity contribution >= 4 is 10.9 Å². The summed E-state index contributed by atoms with van der Waals surface area (Å²) in [6, 6.07) is 5.55. The van der Waals surface area contributed by atoms with Crippen LogP contribution < -0.4 is 5.56 Å². The van der Waals surface area contributed by atoms with Crippen LogP contribution in [0.25, 0.3) is 10.9 Å². The van der Waals surface area contributed by atoms with Gasteiger partial charge in [0.05, 0.1) is 5.39 Å². The van der Waals surface area contributed by atoms with Crippen LogP contribution in [0, 0.1) is 6.92 Å². The van der Waals surface area contributed by atoms with Crippen LogP contribution in [0.3, 0.4) is 0 Å². The minimum atomic E-state index is -0.0944. The minimum Gasteiger partial charge on any atom is -0.267 e. The molecular formula is C9H9N3O. The van der Waals surface area contributed by atoms with E-state index in [-0.39, 0.29) is 5.56 Å². The number of hydrogen-bond acceptors (Lipinski definition) is 3. The molecule has 0 bridgehead atoms. The Kier molecular flexibility index (Phi) is 1.62. The van der Waals surface area contributed by atoms with E-state index in [9.17, 15) is 4.79 Å². The number of benzene rings is 1. The monoisotopic (exact) mass is 175 g/mol. The standard InChI is InChI=1S/C9H9N3O/c1-6-4-3-5-7-8(6)9(13)12(2)11-10-7/h3-5H,1-2H3. The fraction of sp³-hybridized carbons (Fsp3) is 0.222. The largest absolute Gasteiger partial charge is 0.277 e. The molecule has 0 aliphatic rings. The van der Waals surface area contributed by atoms with E-state index in [1.807, 2.05) is 19.1 Å². The van der Waals surface area contributed by atoms with Crippen LogP contribution in [0.15, 0.2) is 23.0 Å². The number of hydrogen-bond donors (Lipinski definition) is 0. The maximum atomic E-state index is 11.6. The van der Waals surface area contributed by atoms with Gasteiger partial charge in [0.25, 0.3) is 5.56 Å². The first-order valence-corrected chi connectivity index (χ1v) is 3.99. The second-order valence-corrected chi connectivity index (χ2v) is 2.99. The lowest BCUT2D eigenvalue weighted by atomic mass is 10.1. The summed E-state index contributed by atoms with van der Waals surface area (Å²) in [6.45, 7) is 1.89. The first-order chi connectivity index (χ1) is 6.20. The molecule has 1 heterocycles. The molecule has 0 saturated heterocycles. The fourth-order valence-corrected chi connectivity index (χ4v) is 1.33. The molecule has 2 rings (SSSR count). The van der Waals surface area contributed by atoms with Gasteiger partial charge in [-0.15, -0.1) is 5.10 Å². The van der Waals surface area contributed by atoms with Gasteiger partial charge in [0.15, 0.2) is 0 Å². The van der Waals surface area contributed by atoms with Gasteiger partial charge in [-0.05, 0) is 18.6 Å². The second-order valence-electron chi connectivity index (χ2n) is 2.99. The molecule has 66 valence electrons. The first-order valence-electron chi connectivity index (χ1n) is 3.99. The summed E-state index contributed by atoms with van der Waals surface area (Å²) in [7, 11) is 1.60. The molecule has 0 amide bonds. The van der Waals surface area contributed by atoms with Crippen LogP contribution in [0.4, 0.5) is 0 Å². The molecule has 2 aromatic rings. The maximum absolute atomic E-state index is 11.6. The predicted octanol–water partition coefficient (Wildman–Crippen LogP) is 0.637. The third-order valence-corrected chi connectivity index (χ3v) is 2.05. The minimum absolute atomic E-state index is 0.0944. The van der Waals surface area contributed by atoms with Gasteiger partial charge >= 0.3 is 0 Å². The molecule has 1 aromatic carbocycles. The summed E-state index contributed by atoms with van der Waals surface area (Å²) in [6.07, 6.45) is 0. The van der Waals surface area contributed by atoms with Gasteiger partial charge in [0.2, 0.25) is 0 Å². The molecular weight excluding hydrogens is 166 g/mol. The smallest absolute Gasteiger partial charge is 0.267 e. The van der Waals surface area contributed by atoms with Gasteiger partial charge in [0.1, 0.15) is 5.52 Å². The van der Waals surface area contributed by atoms with Crippen LogP contribution in [0.2, 0.25) is 0 Å². The number of aryl methyl sites for hydroxylation is 2. The number of aromatic nitrogens is 3. The normalized spacial score (nSPS) is 10.6. The Hall–Kier alpha value is -1.71. The Labute approximate surface area is 74.8 Å². The summed E-state index contributed by atoms with van der Waals surface area (Å²) in [5.74, 6) is 0. The van der Waals surface area contributed by atoms with E-state index in [4.69, 9.17) is 0 Å². The third-order valence-electron chi connectivity index (χ3n) is 2.05. The number of fused-ring (bicyclic) bond motifs is 1. The summed E-state index contributed by atoms with van der Waals surface area (Å²) < 4.78 is 1.25. The van der Waals surface area contributed by atoms with Crippen molar-refractivity contribution < 1.29 is 0 Å². The fourth-order valence-electron chi connectivity index (χ4n) is 1.33. The average Bonchev–Trinajstić information content (AvgIpc) is 2.12. The predicted molar refractivity (Wildman–Crippen MR) is 49.5 cm³/mol. The van der Waals surface area contributed by atoms with Crippen molar-refractivity contribution in [2.24, 2.45) is 7.05 Å². The lowest BCUT2D eigenvalue weighted by molar-refractivity contribution is 0.656. The molecule has 0 radical (unpaired) electrons. The van der Waals surface area contributed by atoms with Gasteiger partial charge in [-0.3, -0.25) is 4.79 Å². The summed E-state index contributed by atoms with van der Waals surface area (Å²) in [5, 5.41) is 8.27. The number of nitrogens with zero attached hydrogens (tertiary/aromatic N) is 3. The highest BCUT2D eigenvalue weighted by atomic mass is 16.1. The molecule has 4 heteroatoms. The molecule has 4 nitrogen and oxygen atoms in total. The lowest BCUT2D eigenvalue weighted by Gasteiger charge is -2.00. The second kappa shape index (κ2) is 2.65. The van der Waals surface area contributed by atoms with Crippen molar-refractivity contribution in [2.75, 3.05) is 0 Å². The van der Waals surface area contributed by atoms with Crippen molar-refractivity contribution in [3.63, 3.8) is 0 Å². The van der Waals surface area contributed by atoms with Crippen LogP contribution in [0.1, 0.15) is 5.56 Å². The Bertz CT molecular complexity index is 516. The molecule has 0 fully saturated rings. The van der Waals surface area contributed by atoms with Crippen molar-refractivity contribution in [1.82, 2.24) is 15.0 Å². The summed E-state index contributed by atoms with van der Waals surface area (Å²) in [4.78, 5) is 11.6. The van der Waals surface area contributed by atoms with Gasteiger partial charge in [-0.2, -0.15) is 0 Å². The van der Waals surface area contributed by atoms with Crippen LogP contribution >= 0.6 is 0 Å². The van der Waals surface area contributed by atoms with Gasteiger partial charge in [-0.1, -0.05) is 17.3 Å². The maximum Gasteiger partial charge on any atom is 0.277 e. The molecule has 0 atom stereocenters. The summed E-state index contributed by atoms with van der Waals surface area (Å²) in [5.41, 5.74) is 1.50. The van der Waals surface area contributed by atoms with Crippen molar-refractivity contribution in [3.05, 3.63) is 34.1 Å². The first kappa shape index (κ1) is 7.91. The van der Waals surface area contributed by atoms with Crippen molar-refractivity contribution in [1.29, 1.82) is 0 Å². The van der Waals surface area contributed by atoms with E-state index in [1.54, 1.807) is 13.1 Å². The van der Waals surface area contributed by atoms with Crippen LogP contribution in [-0.2, 0) is 7.05 Å². The molecule has 0 saturated carbocycles. The zero-order chi connectivity index (χ0) is 9.42. The Morgan fingerprint density at radius 1 is 1.38 bits per heavy atom. The third kappa shape index (κ3) is 1.11. The van der Waals surface area contributed by atoms with Crippen molar-refractivity contribution in [3.8, 4) is 0 Å². The molecule has 1 aromatic heterocycles. The van der Waals surface area contributed by atoms with E-state index in [0.29, 0.717) is 10.9 Å². The van der Waals surface area contributed by atoms with E-state index in [1.165, 1.54) is 4.68 Å². The Balaban J connectivity index is 3.06. The van der Waals surface area contributed by atoms with Crippen LogP contribution in [0.5, 0.6) is 0 Å². The topological polar surface area (TPSA) is 47.8 Å². The average molecular weight is 175 g/mol. The highest BCUT2D eigenvalue weighted by Gasteiger charge is 2.04. The molecule has 0 aliphatic heterocycles. The summed E-state index contributed by atoms with van der Waals surface area (Å²) >= 11 is 0. The molecule has 13 heavy (non-hydrogen) atoms. The van der Waals surface area contributed by atoms with Gasteiger partial charge < -0.3 is 0 Å². The molecule has 0 spiro atoms. The molecule has 0 aliphatic carbocycles. The zero-order valence-electron chi connectivity index (χ0n) is 7.48. The quantitative estimate of drug-likeness (QED) is 0.590. The van der Waals surface area contributed by atoms with Crippen LogP contribution in [-0.4, -0.2) is 15.0 Å². The number of rotatable bonds is 0.